The maximum Gasteiger partial charge on any atom is 0.263 e. The van der Waals surface area contributed by atoms with Gasteiger partial charge < -0.3 is 4.90 Å². The Morgan fingerprint density at radius 3 is 2.71 bits per heavy atom. The number of anilines is 1. The normalized spacial score (nSPS) is 19.2. The lowest BCUT2D eigenvalue weighted by atomic mass is 9.75. The highest BCUT2D eigenvalue weighted by atomic mass is 35.5. The predicted octanol–water partition coefficient (Wildman–Crippen LogP) is 10.1. The zero-order chi connectivity index (χ0) is 26.9. The van der Waals surface area contributed by atoms with Gasteiger partial charge >= 0.3 is 0 Å². The van der Waals surface area contributed by atoms with E-state index in [1.54, 1.807) is 0 Å². The molecule has 2 nitrogen and oxygen atoms in total. The Balaban J connectivity index is 1.44. The minimum Gasteiger partial charge on any atom is -0.335 e. The molecule has 1 aliphatic heterocycles. The van der Waals surface area contributed by atoms with Gasteiger partial charge in [0.15, 0.2) is 0 Å². The molecule has 0 spiro atoms. The number of benzene rings is 2. The summed E-state index contributed by atoms with van der Waals surface area (Å²) in [7, 11) is 0. The van der Waals surface area contributed by atoms with Gasteiger partial charge in [-0.05, 0) is 78.7 Å². The second kappa shape index (κ2) is 11.5. The highest BCUT2D eigenvalue weighted by Gasteiger charge is 2.27. The molecular formula is C33H38ClN2S2+. The van der Waals surface area contributed by atoms with Gasteiger partial charge in [-0.3, -0.25) is 0 Å². The van der Waals surface area contributed by atoms with Crippen LogP contribution in [0.25, 0.3) is 16.3 Å². The standard InChI is InChI=1S/C33H38ClN2S2/c1-6-15-35-27-13-11-23(3)17-30(27)38-32(35)19-25-18-24(21-33(4,5)22-25)9-8-10-31-36(16-7-2)28-20-26(34)12-14-29(28)37-31/h8-14,17-20H,6-7,15-16,21-22H2,1-5H3/q+1. The molecule has 0 atom stereocenters. The Kier molecular flexibility index (Phi) is 8.23. The molecule has 1 aromatic heterocycles. The number of allylic oxidation sites excluding steroid dienone is 6. The zero-order valence-electron chi connectivity index (χ0n) is 23.2. The second-order valence-corrected chi connectivity index (χ2v) is 13.8. The lowest BCUT2D eigenvalue weighted by Gasteiger charge is -2.30. The average Bonchev–Trinajstić information content (AvgIpc) is 3.35. The van der Waals surface area contributed by atoms with Crippen LogP contribution in [0.3, 0.4) is 0 Å². The number of thiazole rings is 1. The highest BCUT2D eigenvalue weighted by Crippen LogP contribution is 2.47. The molecule has 0 N–H and O–H groups in total. The van der Waals surface area contributed by atoms with Crippen LogP contribution < -0.4 is 9.47 Å². The van der Waals surface area contributed by atoms with E-state index >= 15 is 0 Å². The van der Waals surface area contributed by atoms with E-state index in [4.69, 9.17) is 11.6 Å². The molecule has 0 fully saturated rings. The summed E-state index contributed by atoms with van der Waals surface area (Å²) in [5, 5.41) is 3.42. The monoisotopic (exact) mass is 561 g/mol. The van der Waals surface area contributed by atoms with Crippen molar-refractivity contribution in [2.24, 2.45) is 5.41 Å². The van der Waals surface area contributed by atoms with Crippen molar-refractivity contribution in [3.05, 3.63) is 92.5 Å². The van der Waals surface area contributed by atoms with Gasteiger partial charge in [0.2, 0.25) is 5.52 Å². The molecule has 0 radical (unpaired) electrons. The lowest BCUT2D eigenvalue weighted by molar-refractivity contribution is -0.668. The number of aryl methyl sites for hydroxylation is 2. The van der Waals surface area contributed by atoms with Crippen molar-refractivity contribution in [3.8, 4) is 0 Å². The van der Waals surface area contributed by atoms with Gasteiger partial charge in [0.05, 0.1) is 10.7 Å². The van der Waals surface area contributed by atoms with Crippen LogP contribution in [0.2, 0.25) is 5.02 Å². The third kappa shape index (κ3) is 5.98. The van der Waals surface area contributed by atoms with Gasteiger partial charge in [-0.1, -0.05) is 86.7 Å². The smallest absolute Gasteiger partial charge is 0.263 e. The Morgan fingerprint density at radius 1 is 1.08 bits per heavy atom. The van der Waals surface area contributed by atoms with Crippen molar-refractivity contribution in [2.75, 3.05) is 11.4 Å². The highest BCUT2D eigenvalue weighted by molar-refractivity contribution is 8.03. The molecule has 5 rings (SSSR count). The van der Waals surface area contributed by atoms with Crippen molar-refractivity contribution < 1.29 is 4.57 Å². The molecule has 0 saturated heterocycles. The number of fused-ring (bicyclic) bond motifs is 2. The number of hydrogen-bond acceptors (Lipinski definition) is 3. The second-order valence-electron chi connectivity index (χ2n) is 11.2. The Morgan fingerprint density at radius 2 is 1.92 bits per heavy atom. The van der Waals surface area contributed by atoms with Crippen molar-refractivity contribution in [1.29, 1.82) is 0 Å². The minimum atomic E-state index is 0.236. The number of aromatic nitrogens is 1. The minimum absolute atomic E-state index is 0.236. The molecule has 2 heterocycles. The van der Waals surface area contributed by atoms with E-state index < -0.39 is 0 Å². The zero-order valence-corrected chi connectivity index (χ0v) is 25.6. The quantitative estimate of drug-likeness (QED) is 0.265. The van der Waals surface area contributed by atoms with E-state index in [0.717, 1.165) is 43.8 Å². The molecule has 0 bridgehead atoms. The molecule has 0 amide bonds. The first-order chi connectivity index (χ1) is 18.3. The molecule has 3 aromatic rings. The summed E-state index contributed by atoms with van der Waals surface area (Å²) in [4.78, 5) is 3.68. The third-order valence-corrected chi connectivity index (χ3v) is 9.53. The fraction of sp³-hybridized carbons (Fsp3) is 0.364. The van der Waals surface area contributed by atoms with Gasteiger partial charge in [-0.25, -0.2) is 0 Å². The van der Waals surface area contributed by atoms with Crippen LogP contribution in [-0.4, -0.2) is 6.54 Å². The summed E-state index contributed by atoms with van der Waals surface area (Å²) in [6.07, 6.45) is 16.1. The molecule has 0 saturated carbocycles. The molecule has 0 unspecified atom stereocenters. The van der Waals surface area contributed by atoms with E-state index in [0.29, 0.717) is 0 Å². The maximum absolute atomic E-state index is 6.31. The molecule has 2 aliphatic rings. The molecule has 198 valence electrons. The first-order valence-corrected chi connectivity index (χ1v) is 15.7. The van der Waals surface area contributed by atoms with Crippen LogP contribution in [0, 0.1) is 12.3 Å². The van der Waals surface area contributed by atoms with Crippen LogP contribution in [0.4, 0.5) is 5.69 Å². The van der Waals surface area contributed by atoms with Crippen LogP contribution >= 0.6 is 34.7 Å². The Hall–Kier alpha value is -2.27. The van der Waals surface area contributed by atoms with E-state index in [2.05, 4.69) is 105 Å². The summed E-state index contributed by atoms with van der Waals surface area (Å²) in [6, 6.07) is 13.1. The molecule has 38 heavy (non-hydrogen) atoms. The number of halogens is 1. The van der Waals surface area contributed by atoms with Crippen LogP contribution in [0.15, 0.2) is 81.8 Å². The number of hydrogen-bond donors (Lipinski definition) is 0. The molecule has 2 aromatic carbocycles. The van der Waals surface area contributed by atoms with Gasteiger partial charge in [0.1, 0.15) is 11.2 Å². The van der Waals surface area contributed by atoms with Crippen molar-refractivity contribution in [3.63, 3.8) is 0 Å². The van der Waals surface area contributed by atoms with E-state index in [1.807, 2.05) is 29.2 Å². The van der Waals surface area contributed by atoms with Gasteiger partial charge in [-0.15, -0.1) is 0 Å². The number of nitrogens with zero attached hydrogens (tertiary/aromatic N) is 2. The van der Waals surface area contributed by atoms with Gasteiger partial charge in [0.25, 0.3) is 5.01 Å². The van der Waals surface area contributed by atoms with E-state index in [9.17, 15) is 0 Å². The fourth-order valence-electron chi connectivity index (χ4n) is 5.55. The molecular weight excluding hydrogens is 524 g/mol. The molecule has 1 aliphatic carbocycles. The summed E-state index contributed by atoms with van der Waals surface area (Å²) in [5.74, 6) is 0. The summed E-state index contributed by atoms with van der Waals surface area (Å²) in [5.41, 5.74) is 6.96. The molecule has 5 heteroatoms. The van der Waals surface area contributed by atoms with Crippen LogP contribution in [0.5, 0.6) is 0 Å². The van der Waals surface area contributed by atoms with E-state index in [-0.39, 0.29) is 5.41 Å². The Labute approximate surface area is 241 Å². The van der Waals surface area contributed by atoms with Crippen LogP contribution in [0.1, 0.15) is 63.9 Å². The summed E-state index contributed by atoms with van der Waals surface area (Å²) in [6.45, 7) is 13.5. The first-order valence-electron chi connectivity index (χ1n) is 13.7. The van der Waals surface area contributed by atoms with Crippen molar-refractivity contribution in [1.82, 2.24) is 0 Å². The van der Waals surface area contributed by atoms with Crippen LogP contribution in [-0.2, 0) is 6.54 Å². The number of rotatable bonds is 7. The SMILES string of the molecule is CCCN1C(=CC=CC2=CC(=Cc3sc4cc(C)ccc4[n+]3CCC)CC(C)(C)C2)Sc2ccc(Cl)cc21. The summed E-state index contributed by atoms with van der Waals surface area (Å²) >= 11 is 10.1. The van der Waals surface area contributed by atoms with Crippen molar-refractivity contribution in [2.45, 2.75) is 71.7 Å². The maximum atomic E-state index is 6.31. The first kappa shape index (κ1) is 27.3. The van der Waals surface area contributed by atoms with E-state index in [1.165, 1.54) is 47.5 Å². The average molecular weight is 562 g/mol. The largest absolute Gasteiger partial charge is 0.335 e. The Bertz CT molecular complexity index is 1470. The summed E-state index contributed by atoms with van der Waals surface area (Å²) < 4.78 is 3.88. The van der Waals surface area contributed by atoms with Gasteiger partial charge in [-0.2, -0.15) is 4.57 Å². The topological polar surface area (TPSA) is 7.12 Å². The predicted molar refractivity (Wildman–Crippen MR) is 168 cm³/mol. The number of thioether (sulfide) groups is 1. The van der Waals surface area contributed by atoms with Gasteiger partial charge in [0, 0.05) is 35.0 Å². The lowest BCUT2D eigenvalue weighted by Crippen LogP contribution is -2.34. The third-order valence-electron chi connectivity index (χ3n) is 7.07. The van der Waals surface area contributed by atoms with Crippen molar-refractivity contribution >= 4 is 56.7 Å². The fourth-order valence-corrected chi connectivity index (χ4v) is 8.06.